The van der Waals surface area contributed by atoms with E-state index >= 15 is 0 Å². The van der Waals surface area contributed by atoms with Gasteiger partial charge in [0.05, 0.1) is 18.0 Å². The molecule has 34 heavy (non-hydrogen) atoms. The normalized spacial score (nSPS) is 14.7. The van der Waals surface area contributed by atoms with E-state index in [1.165, 1.54) is 17.3 Å². The van der Waals surface area contributed by atoms with Crippen molar-refractivity contribution in [2.75, 3.05) is 10.7 Å². The average molecular weight is 490 g/mol. The van der Waals surface area contributed by atoms with Gasteiger partial charge in [0.1, 0.15) is 5.70 Å². The molecule has 0 unspecified atom stereocenters. The number of aliphatic imine (C=N–C) groups is 1. The van der Waals surface area contributed by atoms with Crippen LogP contribution in [0.15, 0.2) is 76.7 Å². The van der Waals surface area contributed by atoms with Crippen LogP contribution in [0.1, 0.15) is 41.3 Å². The lowest BCUT2D eigenvalue weighted by molar-refractivity contribution is -0.118. The zero-order valence-corrected chi connectivity index (χ0v) is 21.1. The van der Waals surface area contributed by atoms with Crippen LogP contribution in [-0.4, -0.2) is 22.7 Å². The van der Waals surface area contributed by atoms with Crippen molar-refractivity contribution < 1.29 is 9.59 Å². The fourth-order valence-electron chi connectivity index (χ4n) is 3.43. The molecule has 0 fully saturated rings. The first-order chi connectivity index (χ1) is 16.4. The number of rotatable bonds is 7. The van der Waals surface area contributed by atoms with E-state index in [9.17, 15) is 9.59 Å². The predicted octanol–water partition coefficient (Wildman–Crippen LogP) is 5.97. The predicted molar refractivity (Wildman–Crippen MR) is 143 cm³/mol. The van der Waals surface area contributed by atoms with E-state index in [1.807, 2.05) is 60.8 Å². The van der Waals surface area contributed by atoms with Gasteiger partial charge in [0.2, 0.25) is 5.91 Å². The van der Waals surface area contributed by atoms with Gasteiger partial charge in [0.25, 0.3) is 5.91 Å². The standard InChI is InChI=1S/C27H27N3O2S2/c1-18(2)21-10-8-20(9-11-21)15-24-26(32)30(22-12-6-19(3)7-13-22)27(29-24)34-17-25(31)28-16-23-5-4-14-33-23/h4-15,18H,16-17H2,1-3H3,(H,28,31). The van der Waals surface area contributed by atoms with Crippen LogP contribution in [0, 0.1) is 6.92 Å². The molecule has 5 nitrogen and oxygen atoms in total. The number of nitrogens with zero attached hydrogens (tertiary/aromatic N) is 2. The van der Waals surface area contributed by atoms with Crippen molar-refractivity contribution in [3.8, 4) is 0 Å². The molecule has 0 aliphatic carbocycles. The smallest absolute Gasteiger partial charge is 0.283 e. The van der Waals surface area contributed by atoms with Crippen molar-refractivity contribution in [2.45, 2.75) is 33.2 Å². The lowest BCUT2D eigenvalue weighted by atomic mass is 10.0. The van der Waals surface area contributed by atoms with Crippen LogP contribution < -0.4 is 10.2 Å². The minimum absolute atomic E-state index is 0.0980. The molecule has 2 heterocycles. The molecule has 0 atom stereocenters. The number of hydrogen-bond acceptors (Lipinski definition) is 5. The third-order valence-electron chi connectivity index (χ3n) is 5.40. The number of carbonyl (C=O) groups excluding carboxylic acids is 2. The summed E-state index contributed by atoms with van der Waals surface area (Å²) in [5.41, 5.74) is 4.36. The van der Waals surface area contributed by atoms with Gasteiger partial charge < -0.3 is 5.32 Å². The first-order valence-corrected chi connectivity index (χ1v) is 13.0. The molecule has 3 aromatic rings. The highest BCUT2D eigenvalue weighted by atomic mass is 32.2. The zero-order valence-electron chi connectivity index (χ0n) is 19.4. The second-order valence-corrected chi connectivity index (χ2v) is 10.3. The molecule has 1 N–H and O–H groups in total. The first-order valence-electron chi connectivity index (χ1n) is 11.1. The number of anilines is 1. The molecule has 174 valence electrons. The maximum Gasteiger partial charge on any atom is 0.283 e. The summed E-state index contributed by atoms with van der Waals surface area (Å²) in [6.07, 6.45) is 1.80. The molecular formula is C27H27N3O2S2. The van der Waals surface area contributed by atoms with Crippen LogP contribution in [-0.2, 0) is 16.1 Å². The summed E-state index contributed by atoms with van der Waals surface area (Å²) >= 11 is 2.87. The minimum Gasteiger partial charge on any atom is -0.350 e. The van der Waals surface area contributed by atoms with Gasteiger partial charge in [-0.2, -0.15) is 0 Å². The number of nitrogens with one attached hydrogen (secondary N) is 1. The summed E-state index contributed by atoms with van der Waals surface area (Å²) in [5, 5.41) is 5.41. The molecule has 2 amide bonds. The van der Waals surface area contributed by atoms with Gasteiger partial charge in [-0.3, -0.25) is 14.5 Å². The maximum atomic E-state index is 13.3. The summed E-state index contributed by atoms with van der Waals surface area (Å²) in [5.74, 6) is 0.326. The Hall–Kier alpha value is -3.16. The van der Waals surface area contributed by atoms with Gasteiger partial charge >= 0.3 is 0 Å². The van der Waals surface area contributed by atoms with E-state index in [4.69, 9.17) is 0 Å². The Balaban J connectivity index is 1.53. The number of thiophene rings is 1. The van der Waals surface area contributed by atoms with Gasteiger partial charge in [-0.25, -0.2) is 4.99 Å². The molecule has 1 aliphatic heterocycles. The van der Waals surface area contributed by atoms with Gasteiger partial charge in [-0.15, -0.1) is 11.3 Å². The highest BCUT2D eigenvalue weighted by Crippen LogP contribution is 2.30. The van der Waals surface area contributed by atoms with Crippen LogP contribution in [0.25, 0.3) is 6.08 Å². The third-order valence-corrected chi connectivity index (χ3v) is 7.22. The molecule has 1 aliphatic rings. The fourth-order valence-corrected chi connectivity index (χ4v) is 4.92. The fraction of sp³-hybridized carbons (Fsp3) is 0.222. The van der Waals surface area contributed by atoms with E-state index < -0.39 is 0 Å². The zero-order chi connectivity index (χ0) is 24.1. The third kappa shape index (κ3) is 5.85. The van der Waals surface area contributed by atoms with Crippen LogP contribution in [0.5, 0.6) is 0 Å². The van der Waals surface area contributed by atoms with Gasteiger partial charge in [-0.05, 0) is 53.6 Å². The van der Waals surface area contributed by atoms with Crippen molar-refractivity contribution in [3.63, 3.8) is 0 Å². The monoisotopic (exact) mass is 489 g/mol. The highest BCUT2D eigenvalue weighted by molar-refractivity contribution is 8.14. The summed E-state index contributed by atoms with van der Waals surface area (Å²) < 4.78 is 0. The molecule has 0 saturated heterocycles. The molecule has 1 aromatic heterocycles. The number of hydrogen-bond donors (Lipinski definition) is 1. The van der Waals surface area contributed by atoms with E-state index in [1.54, 1.807) is 22.3 Å². The molecule has 0 bridgehead atoms. The van der Waals surface area contributed by atoms with Crippen LogP contribution in [0.2, 0.25) is 0 Å². The van der Waals surface area contributed by atoms with Gasteiger partial charge in [0, 0.05) is 4.88 Å². The summed E-state index contributed by atoms with van der Waals surface area (Å²) in [7, 11) is 0. The highest BCUT2D eigenvalue weighted by Gasteiger charge is 2.32. The molecular weight excluding hydrogens is 462 g/mol. The lowest BCUT2D eigenvalue weighted by Gasteiger charge is -2.18. The van der Waals surface area contributed by atoms with E-state index in [-0.39, 0.29) is 17.6 Å². The SMILES string of the molecule is Cc1ccc(N2C(=O)C(=Cc3ccc(C(C)C)cc3)N=C2SCC(=O)NCc2cccs2)cc1. The van der Waals surface area contributed by atoms with Crippen molar-refractivity contribution in [1.29, 1.82) is 0 Å². The minimum atomic E-state index is -0.196. The van der Waals surface area contributed by atoms with E-state index in [2.05, 4.69) is 36.3 Å². The molecule has 7 heteroatoms. The molecule has 2 aromatic carbocycles. The Kier molecular flexibility index (Phi) is 7.65. The van der Waals surface area contributed by atoms with Gasteiger partial charge in [0.15, 0.2) is 5.17 Å². The van der Waals surface area contributed by atoms with Crippen molar-refractivity contribution in [1.82, 2.24) is 5.32 Å². The second kappa shape index (κ2) is 10.8. The molecule has 0 spiro atoms. The summed E-state index contributed by atoms with van der Waals surface area (Å²) in [6, 6.07) is 19.8. The first kappa shape index (κ1) is 24.0. The second-order valence-electron chi connectivity index (χ2n) is 8.37. The molecule has 0 radical (unpaired) electrons. The Morgan fingerprint density at radius 2 is 1.85 bits per heavy atom. The van der Waals surface area contributed by atoms with E-state index in [0.29, 0.717) is 23.3 Å². The Morgan fingerprint density at radius 3 is 2.50 bits per heavy atom. The van der Waals surface area contributed by atoms with Crippen molar-refractivity contribution >= 4 is 51.8 Å². The Morgan fingerprint density at radius 1 is 1.12 bits per heavy atom. The number of benzene rings is 2. The quantitative estimate of drug-likeness (QED) is 0.416. The number of thioether (sulfide) groups is 1. The summed E-state index contributed by atoms with van der Waals surface area (Å²) in [4.78, 5) is 33.1. The Labute approximate surface area is 208 Å². The number of aryl methyl sites for hydroxylation is 1. The molecule has 4 rings (SSSR count). The van der Waals surface area contributed by atoms with Gasteiger partial charge in [-0.1, -0.05) is 73.6 Å². The summed E-state index contributed by atoms with van der Waals surface area (Å²) in [6.45, 7) is 6.81. The number of amidine groups is 1. The van der Waals surface area contributed by atoms with E-state index in [0.717, 1.165) is 21.7 Å². The number of carbonyl (C=O) groups is 2. The maximum absolute atomic E-state index is 13.3. The van der Waals surface area contributed by atoms with Crippen molar-refractivity contribution in [2.24, 2.45) is 4.99 Å². The largest absolute Gasteiger partial charge is 0.350 e. The Bertz CT molecular complexity index is 1210. The van der Waals surface area contributed by atoms with Crippen LogP contribution in [0.4, 0.5) is 5.69 Å². The van der Waals surface area contributed by atoms with Crippen LogP contribution in [0.3, 0.4) is 0 Å². The van der Waals surface area contributed by atoms with Crippen molar-refractivity contribution in [3.05, 3.63) is 93.3 Å². The average Bonchev–Trinajstić information content (AvgIpc) is 3.45. The molecule has 0 saturated carbocycles. The lowest BCUT2D eigenvalue weighted by Crippen LogP contribution is -2.32. The van der Waals surface area contributed by atoms with Crippen LogP contribution >= 0.6 is 23.1 Å². The number of amides is 2. The topological polar surface area (TPSA) is 61.8 Å².